The predicted molar refractivity (Wildman–Crippen MR) is 187 cm³/mol. The molecule has 0 radical (unpaired) electrons. The molecule has 12 heteroatoms. The van der Waals surface area contributed by atoms with Gasteiger partial charge in [-0.1, -0.05) is 86.3 Å². The highest BCUT2D eigenvalue weighted by Gasteiger charge is 2.85. The first-order valence-corrected chi connectivity index (χ1v) is 19.1. The number of alkyl halides is 6. The Morgan fingerprint density at radius 2 is 0.882 bits per heavy atom. The van der Waals surface area contributed by atoms with Crippen molar-refractivity contribution in [2.24, 2.45) is 0 Å². The molecule has 4 nitrogen and oxygen atoms in total. The van der Waals surface area contributed by atoms with Gasteiger partial charge in [0.25, 0.3) is 0 Å². The number of halogens is 6. The molecule has 51 heavy (non-hydrogen) atoms. The normalized spacial score (nSPS) is 29.7. The summed E-state index contributed by atoms with van der Waals surface area (Å²) >= 11 is 2.21. The molecule has 2 aliphatic heterocycles. The third kappa shape index (κ3) is 5.20. The second-order valence-electron chi connectivity index (χ2n) is 14.0. The maximum atomic E-state index is 16.4. The molecule has 0 amide bonds. The molecule has 0 saturated heterocycles. The van der Waals surface area contributed by atoms with Crippen LogP contribution < -0.4 is 9.47 Å². The fourth-order valence-electron chi connectivity index (χ4n) is 8.29. The summed E-state index contributed by atoms with van der Waals surface area (Å²) in [6, 6.07) is 13.7. The minimum absolute atomic E-state index is 0.378. The molecule has 2 unspecified atom stereocenters. The van der Waals surface area contributed by atoms with Crippen LogP contribution in [0.5, 0.6) is 11.5 Å². The first-order chi connectivity index (χ1) is 24.4. The number of rotatable bonds is 8. The van der Waals surface area contributed by atoms with E-state index in [9.17, 15) is 0 Å². The van der Waals surface area contributed by atoms with Crippen molar-refractivity contribution in [3.05, 3.63) is 94.1 Å². The average molecular weight is 749 g/mol. The summed E-state index contributed by atoms with van der Waals surface area (Å²) in [4.78, 5) is -2.97. The molecule has 4 aliphatic carbocycles. The Hall–Kier alpha value is -2.80. The van der Waals surface area contributed by atoms with E-state index in [-0.39, 0.29) is 11.1 Å². The lowest BCUT2D eigenvalue weighted by molar-refractivity contribution is -0.258. The van der Waals surface area contributed by atoms with Gasteiger partial charge in [-0.15, -0.1) is 0 Å². The first kappa shape index (κ1) is 35.2. The highest BCUT2D eigenvalue weighted by Crippen LogP contribution is 2.76. The zero-order valence-electron chi connectivity index (χ0n) is 28.2. The molecular weight excluding hydrogens is 711 g/mol. The van der Waals surface area contributed by atoms with Crippen molar-refractivity contribution in [2.45, 2.75) is 104 Å². The minimum Gasteiger partial charge on any atom is -0.497 e. The molecule has 0 bridgehead atoms. The van der Waals surface area contributed by atoms with Crippen LogP contribution in [0.4, 0.5) is 26.3 Å². The van der Waals surface area contributed by atoms with Gasteiger partial charge >= 0.3 is 17.8 Å². The lowest BCUT2D eigenvalue weighted by Gasteiger charge is -2.52. The van der Waals surface area contributed by atoms with E-state index in [4.69, 9.17) is 18.9 Å². The van der Waals surface area contributed by atoms with Gasteiger partial charge in [-0.25, -0.2) is 0 Å². The van der Waals surface area contributed by atoms with Crippen LogP contribution in [0.25, 0.3) is 9.81 Å². The quantitative estimate of drug-likeness (QED) is 0.250. The van der Waals surface area contributed by atoms with Gasteiger partial charge in [-0.2, -0.15) is 26.3 Å². The number of thioether (sulfide) groups is 2. The molecule has 6 aliphatic rings. The minimum atomic E-state index is -5.70. The third-order valence-corrected chi connectivity index (χ3v) is 14.0. The van der Waals surface area contributed by atoms with E-state index in [1.54, 1.807) is 48.5 Å². The number of fused-ring (bicyclic) bond motifs is 4. The highest BCUT2D eigenvalue weighted by molar-refractivity contribution is 8.14. The molecule has 3 fully saturated rings. The van der Waals surface area contributed by atoms with E-state index in [2.05, 4.69) is 0 Å². The van der Waals surface area contributed by atoms with Crippen molar-refractivity contribution in [1.29, 1.82) is 0 Å². The fraction of sp³-hybridized carbons (Fsp3) is 0.487. The maximum absolute atomic E-state index is 16.4. The van der Waals surface area contributed by atoms with Gasteiger partial charge in [0.05, 0.1) is 26.4 Å². The van der Waals surface area contributed by atoms with E-state index in [0.717, 1.165) is 62.0 Å². The third-order valence-electron chi connectivity index (χ3n) is 10.9. The zero-order valence-corrected chi connectivity index (χ0v) is 29.8. The van der Waals surface area contributed by atoms with Crippen LogP contribution in [0.15, 0.2) is 83.0 Å². The number of ether oxygens (including phenoxy) is 4. The summed E-state index contributed by atoms with van der Waals surface area (Å²) in [7, 11) is 3.03. The predicted octanol–water partition coefficient (Wildman–Crippen LogP) is 11.2. The fourth-order valence-corrected chi connectivity index (χ4v) is 11.5. The standard InChI is InChI=1S/C39H38F6O4S2/c1-46-25-17-13-23(14-18-25)31-21-29-33-34(36(42,43)39(44,45)35(33,40)41)30-22-32(24-15-19-26(47-2)20-16-24)51-38(30,49-28-11-7-4-8-12-28)37(29,50-31)48-27-9-5-3-6-10-27/h13-22,27-28H,3-12H2,1-2H3. The Balaban J connectivity index is 1.43. The van der Waals surface area contributed by atoms with Crippen molar-refractivity contribution in [3.63, 3.8) is 0 Å². The lowest BCUT2D eigenvalue weighted by atomic mass is 9.79. The Bertz CT molecular complexity index is 1690. The molecular formula is C39H38F6O4S2. The van der Waals surface area contributed by atoms with Gasteiger partial charge in [0.1, 0.15) is 11.5 Å². The van der Waals surface area contributed by atoms with Gasteiger partial charge in [0.2, 0.25) is 0 Å². The average Bonchev–Trinajstić information content (AvgIpc) is 3.74. The summed E-state index contributed by atoms with van der Waals surface area (Å²) in [5, 5.41) is 0. The first-order valence-electron chi connectivity index (χ1n) is 17.5. The number of hydrogen-bond donors (Lipinski definition) is 0. The summed E-state index contributed by atoms with van der Waals surface area (Å²) in [5.41, 5.74) is -2.33. The molecule has 0 spiro atoms. The smallest absolute Gasteiger partial charge is 0.380 e. The molecule has 272 valence electrons. The van der Waals surface area contributed by atoms with Gasteiger partial charge in [-0.05, 0) is 73.2 Å². The van der Waals surface area contributed by atoms with Gasteiger partial charge in [0.15, 0.2) is 9.87 Å². The Morgan fingerprint density at radius 1 is 0.529 bits per heavy atom. The molecule has 8 rings (SSSR count). The Morgan fingerprint density at radius 3 is 1.22 bits per heavy atom. The van der Waals surface area contributed by atoms with Crippen molar-refractivity contribution in [1.82, 2.24) is 0 Å². The van der Waals surface area contributed by atoms with Crippen LogP contribution in [0.3, 0.4) is 0 Å². The van der Waals surface area contributed by atoms with E-state index in [0.29, 0.717) is 58.1 Å². The largest absolute Gasteiger partial charge is 0.497 e. The van der Waals surface area contributed by atoms with E-state index in [1.165, 1.54) is 26.4 Å². The topological polar surface area (TPSA) is 36.9 Å². The second-order valence-corrected chi connectivity index (χ2v) is 16.4. The van der Waals surface area contributed by atoms with Crippen molar-refractivity contribution < 1.29 is 45.3 Å². The van der Waals surface area contributed by atoms with E-state index < -0.39 is 51.0 Å². The molecule has 3 saturated carbocycles. The molecule has 2 atom stereocenters. The summed E-state index contributed by atoms with van der Waals surface area (Å²) in [6.07, 6.45) is 9.54. The summed E-state index contributed by atoms with van der Waals surface area (Å²) < 4.78 is 122. The Kier molecular flexibility index (Phi) is 8.75. The summed E-state index contributed by atoms with van der Waals surface area (Å²) in [5.74, 6) is -15.0. The van der Waals surface area contributed by atoms with Gasteiger partial charge in [0, 0.05) is 32.1 Å². The molecule has 2 heterocycles. The van der Waals surface area contributed by atoms with Gasteiger partial charge < -0.3 is 18.9 Å². The van der Waals surface area contributed by atoms with Crippen LogP contribution >= 0.6 is 23.5 Å². The number of benzene rings is 2. The molecule has 2 aromatic rings. The molecule has 0 N–H and O–H groups in total. The lowest BCUT2D eigenvalue weighted by Crippen LogP contribution is -2.59. The van der Waals surface area contributed by atoms with Crippen LogP contribution in [0.2, 0.25) is 0 Å². The van der Waals surface area contributed by atoms with Crippen LogP contribution in [-0.4, -0.2) is 54.1 Å². The summed E-state index contributed by atoms with van der Waals surface area (Å²) in [6.45, 7) is 0. The van der Waals surface area contributed by atoms with E-state index >= 15 is 26.3 Å². The molecule has 2 aromatic carbocycles. The van der Waals surface area contributed by atoms with Crippen molar-refractivity contribution in [3.8, 4) is 11.5 Å². The second kappa shape index (κ2) is 12.7. The highest BCUT2D eigenvalue weighted by atomic mass is 32.2. The van der Waals surface area contributed by atoms with Crippen LogP contribution in [-0.2, 0) is 9.47 Å². The van der Waals surface area contributed by atoms with Crippen LogP contribution in [0.1, 0.15) is 75.3 Å². The monoisotopic (exact) mass is 748 g/mol. The van der Waals surface area contributed by atoms with E-state index in [1.807, 2.05) is 0 Å². The van der Waals surface area contributed by atoms with Crippen molar-refractivity contribution in [2.75, 3.05) is 14.2 Å². The van der Waals surface area contributed by atoms with Gasteiger partial charge in [-0.3, -0.25) is 0 Å². The zero-order chi connectivity index (χ0) is 35.8. The maximum Gasteiger partial charge on any atom is 0.380 e. The number of allylic oxidation sites excluding steroid dienone is 2. The Labute approximate surface area is 301 Å². The van der Waals surface area contributed by atoms with Crippen molar-refractivity contribution >= 4 is 33.3 Å². The molecule has 0 aromatic heterocycles. The number of methoxy groups -OCH3 is 2. The number of hydrogen-bond acceptors (Lipinski definition) is 6. The SMILES string of the molecule is COc1ccc(C2=CC3=C4C(=C5C=C(c6ccc(OC)cc6)SC5(OC5CCCCC5)C3(OC3CCCCC3)S2)C(F)(F)C(F)(F)C4(F)F)cc1. The van der Waals surface area contributed by atoms with Crippen LogP contribution in [0, 0.1) is 0 Å².